The molecule has 0 radical (unpaired) electrons. The van der Waals surface area contributed by atoms with E-state index in [0.29, 0.717) is 42.9 Å². The number of carboxylic acid groups (broad SMARTS) is 1. The highest BCUT2D eigenvalue weighted by atomic mass is 35.5. The van der Waals surface area contributed by atoms with Gasteiger partial charge in [-0.3, -0.25) is 0 Å². The lowest BCUT2D eigenvalue weighted by Crippen LogP contribution is -2.37. The third-order valence-corrected chi connectivity index (χ3v) is 4.47. The van der Waals surface area contributed by atoms with Gasteiger partial charge in [0.1, 0.15) is 0 Å². The number of piperidine rings is 1. The van der Waals surface area contributed by atoms with Crippen LogP contribution in [0.2, 0.25) is 5.28 Å². The molecule has 1 saturated heterocycles. The molecule has 2 aromatic rings. The van der Waals surface area contributed by atoms with Gasteiger partial charge in [0.15, 0.2) is 11.6 Å². The highest BCUT2D eigenvalue weighted by Gasteiger charge is 2.25. The maximum atomic E-state index is 12.5. The number of likely N-dealkylation sites (tertiary alicyclic amines) is 1. The first kappa shape index (κ1) is 19.0. The van der Waals surface area contributed by atoms with E-state index in [2.05, 4.69) is 19.7 Å². The van der Waals surface area contributed by atoms with Crippen LogP contribution in [0.4, 0.5) is 19.4 Å². The van der Waals surface area contributed by atoms with E-state index in [1.54, 1.807) is 6.07 Å². The molecule has 11 heteroatoms. The highest BCUT2D eigenvalue weighted by molar-refractivity contribution is 6.28. The zero-order valence-corrected chi connectivity index (χ0v) is 14.7. The summed E-state index contributed by atoms with van der Waals surface area (Å²) in [5, 5.41) is 9.04. The summed E-state index contributed by atoms with van der Waals surface area (Å²) in [4.78, 5) is 24.6. The number of alkyl halides is 2. The number of anilines is 1. The van der Waals surface area contributed by atoms with Crippen molar-refractivity contribution in [1.29, 1.82) is 0 Å². The van der Waals surface area contributed by atoms with Gasteiger partial charge in [0.05, 0.1) is 5.69 Å². The molecule has 0 spiro atoms. The summed E-state index contributed by atoms with van der Waals surface area (Å²) in [6, 6.07) is 3.00. The van der Waals surface area contributed by atoms with Crippen LogP contribution in [0.25, 0.3) is 11.3 Å². The Labute approximate surface area is 157 Å². The minimum absolute atomic E-state index is 0.00341. The van der Waals surface area contributed by atoms with E-state index in [-0.39, 0.29) is 22.8 Å². The third kappa shape index (κ3) is 4.51. The number of aromatic nitrogens is 3. The number of ether oxygens (including phenoxy) is 1. The van der Waals surface area contributed by atoms with Gasteiger partial charge in [0.2, 0.25) is 5.28 Å². The number of carbonyl (C=O) groups is 1. The summed E-state index contributed by atoms with van der Waals surface area (Å²) in [6.07, 6.45) is 1.62. The topological polar surface area (TPSA) is 114 Å². The molecule has 0 aliphatic carbocycles. The van der Waals surface area contributed by atoms with Crippen LogP contribution in [0.1, 0.15) is 24.5 Å². The number of pyridine rings is 1. The van der Waals surface area contributed by atoms with Gasteiger partial charge in [-0.05, 0) is 36.6 Å². The fourth-order valence-electron chi connectivity index (χ4n) is 2.94. The van der Waals surface area contributed by atoms with Crippen molar-refractivity contribution in [2.45, 2.75) is 25.4 Å². The molecule has 3 heterocycles. The summed E-state index contributed by atoms with van der Waals surface area (Å²) < 4.78 is 29.4. The number of hydrogen-bond acceptors (Lipinski definition) is 6. The van der Waals surface area contributed by atoms with Gasteiger partial charge < -0.3 is 20.5 Å². The van der Waals surface area contributed by atoms with Gasteiger partial charge >= 0.3 is 12.7 Å². The summed E-state index contributed by atoms with van der Waals surface area (Å²) in [6.45, 7) is -2.24. The van der Waals surface area contributed by atoms with Crippen LogP contribution >= 0.6 is 11.6 Å². The second-order valence-electron chi connectivity index (χ2n) is 5.98. The third-order valence-electron chi connectivity index (χ3n) is 4.30. The second kappa shape index (κ2) is 7.87. The molecule has 8 nitrogen and oxygen atoms in total. The van der Waals surface area contributed by atoms with E-state index in [1.165, 1.54) is 17.2 Å². The lowest BCUT2D eigenvalue weighted by molar-refractivity contribution is -0.0494. The van der Waals surface area contributed by atoms with Crippen molar-refractivity contribution in [2.24, 2.45) is 0 Å². The molecule has 0 bridgehead atoms. The lowest BCUT2D eigenvalue weighted by Gasteiger charge is -2.29. The Bertz CT molecular complexity index is 847. The van der Waals surface area contributed by atoms with Gasteiger partial charge in [-0.15, -0.1) is 0 Å². The molecule has 27 heavy (non-hydrogen) atoms. The van der Waals surface area contributed by atoms with Gasteiger partial charge in [-0.2, -0.15) is 8.78 Å². The van der Waals surface area contributed by atoms with Gasteiger partial charge in [-0.1, -0.05) is 0 Å². The van der Waals surface area contributed by atoms with Crippen molar-refractivity contribution in [3.8, 4) is 17.0 Å². The standard InChI is InChI=1S/C16H16ClF2N5O3/c17-14-22-10(8-1-3-24(4-2-8)16(25)26)6-11(23-14)9-5-12(27-15(18)19)13(20)21-7-9/h5-8,15H,1-4H2,(H2,20,21)(H,25,26). The number of nitrogens with zero attached hydrogens (tertiary/aromatic N) is 4. The molecule has 3 N–H and O–H groups in total. The van der Waals surface area contributed by atoms with Crippen LogP contribution in [0, 0.1) is 0 Å². The molecule has 1 aliphatic heterocycles. The first-order chi connectivity index (χ1) is 12.8. The second-order valence-corrected chi connectivity index (χ2v) is 6.31. The van der Waals surface area contributed by atoms with Crippen molar-refractivity contribution >= 4 is 23.5 Å². The number of hydrogen-bond donors (Lipinski definition) is 2. The van der Waals surface area contributed by atoms with Crippen molar-refractivity contribution in [1.82, 2.24) is 19.9 Å². The van der Waals surface area contributed by atoms with Crippen LogP contribution in [0.5, 0.6) is 5.75 Å². The van der Waals surface area contributed by atoms with E-state index in [9.17, 15) is 13.6 Å². The van der Waals surface area contributed by atoms with Crippen LogP contribution < -0.4 is 10.5 Å². The fourth-order valence-corrected chi connectivity index (χ4v) is 3.13. The highest BCUT2D eigenvalue weighted by Crippen LogP contribution is 2.32. The summed E-state index contributed by atoms with van der Waals surface area (Å²) in [5.41, 5.74) is 6.99. The quantitative estimate of drug-likeness (QED) is 0.758. The monoisotopic (exact) mass is 399 g/mol. The molecule has 0 unspecified atom stereocenters. The fraction of sp³-hybridized carbons (Fsp3) is 0.375. The minimum atomic E-state index is -3.03. The summed E-state index contributed by atoms with van der Waals surface area (Å²) >= 11 is 6.03. The van der Waals surface area contributed by atoms with E-state index in [1.807, 2.05) is 0 Å². The van der Waals surface area contributed by atoms with Crippen LogP contribution in [0.15, 0.2) is 18.3 Å². The Morgan fingerprint density at radius 2 is 2.04 bits per heavy atom. The largest absolute Gasteiger partial charge is 0.465 e. The average Bonchev–Trinajstić information content (AvgIpc) is 2.62. The van der Waals surface area contributed by atoms with Crippen molar-refractivity contribution in [3.05, 3.63) is 29.3 Å². The van der Waals surface area contributed by atoms with Crippen LogP contribution in [0.3, 0.4) is 0 Å². The molecule has 1 fully saturated rings. The Kier molecular flexibility index (Phi) is 5.54. The maximum absolute atomic E-state index is 12.5. The van der Waals surface area contributed by atoms with Gasteiger partial charge in [-0.25, -0.2) is 19.7 Å². The Hall–Kier alpha value is -2.75. The zero-order chi connectivity index (χ0) is 19.6. The molecule has 0 atom stereocenters. The summed E-state index contributed by atoms with van der Waals surface area (Å²) in [5.74, 6) is -0.410. The Morgan fingerprint density at radius 1 is 1.33 bits per heavy atom. The van der Waals surface area contributed by atoms with Gasteiger partial charge in [0.25, 0.3) is 0 Å². The average molecular weight is 400 g/mol. The van der Waals surface area contributed by atoms with E-state index < -0.39 is 12.7 Å². The van der Waals surface area contributed by atoms with Crippen LogP contribution in [-0.4, -0.2) is 50.8 Å². The molecule has 1 amide bonds. The minimum Gasteiger partial charge on any atom is -0.465 e. The Morgan fingerprint density at radius 3 is 2.67 bits per heavy atom. The predicted octanol–water partition coefficient (Wildman–Crippen LogP) is 3.23. The number of nitrogen functional groups attached to an aromatic ring is 1. The van der Waals surface area contributed by atoms with Crippen molar-refractivity contribution < 1.29 is 23.4 Å². The first-order valence-electron chi connectivity index (χ1n) is 8.06. The SMILES string of the molecule is Nc1ncc(-c2cc(C3CCN(C(=O)O)CC3)nc(Cl)n2)cc1OC(F)F. The zero-order valence-electron chi connectivity index (χ0n) is 14.0. The molecule has 2 aromatic heterocycles. The van der Waals surface area contributed by atoms with E-state index in [0.717, 1.165) is 0 Å². The number of amides is 1. The molecule has 0 saturated carbocycles. The first-order valence-corrected chi connectivity index (χ1v) is 8.44. The van der Waals surface area contributed by atoms with Crippen molar-refractivity contribution in [3.63, 3.8) is 0 Å². The van der Waals surface area contributed by atoms with Crippen molar-refractivity contribution in [2.75, 3.05) is 18.8 Å². The molecular formula is C16H16ClF2N5O3. The number of rotatable bonds is 4. The van der Waals surface area contributed by atoms with Gasteiger partial charge in [0, 0.05) is 36.5 Å². The Balaban J connectivity index is 1.87. The summed E-state index contributed by atoms with van der Waals surface area (Å²) in [7, 11) is 0. The molecule has 144 valence electrons. The molecule has 1 aliphatic rings. The van der Waals surface area contributed by atoms with E-state index >= 15 is 0 Å². The lowest BCUT2D eigenvalue weighted by atomic mass is 9.93. The number of nitrogens with two attached hydrogens (primary N) is 1. The smallest absolute Gasteiger partial charge is 0.407 e. The van der Waals surface area contributed by atoms with Crippen LogP contribution in [-0.2, 0) is 0 Å². The number of halogens is 3. The molecular weight excluding hydrogens is 384 g/mol. The molecule has 3 rings (SSSR count). The predicted molar refractivity (Wildman–Crippen MR) is 92.9 cm³/mol. The molecule has 0 aromatic carbocycles. The maximum Gasteiger partial charge on any atom is 0.407 e. The normalized spacial score (nSPS) is 15.2. The van der Waals surface area contributed by atoms with E-state index in [4.69, 9.17) is 22.4 Å².